The van der Waals surface area contributed by atoms with Crippen molar-refractivity contribution >= 4 is 35.8 Å². The molecule has 1 amide bonds. The number of halogens is 1. The van der Waals surface area contributed by atoms with Gasteiger partial charge in [0, 0.05) is 44.7 Å². The summed E-state index contributed by atoms with van der Waals surface area (Å²) in [5.41, 5.74) is 3.85. The summed E-state index contributed by atoms with van der Waals surface area (Å²) in [6, 6.07) is 15.7. The number of carbonyl (C=O) groups is 1. The van der Waals surface area contributed by atoms with Gasteiger partial charge in [-0.05, 0) is 48.7 Å². The van der Waals surface area contributed by atoms with Gasteiger partial charge >= 0.3 is 0 Å². The quantitative estimate of drug-likeness (QED) is 0.228. The van der Waals surface area contributed by atoms with E-state index in [0.29, 0.717) is 23.8 Å². The third-order valence-electron chi connectivity index (χ3n) is 5.06. The largest absolute Gasteiger partial charge is 0.357 e. The van der Waals surface area contributed by atoms with Gasteiger partial charge < -0.3 is 20.1 Å². The van der Waals surface area contributed by atoms with Gasteiger partial charge in [0.2, 0.25) is 0 Å². The molecule has 34 heavy (non-hydrogen) atoms. The van der Waals surface area contributed by atoms with E-state index in [4.69, 9.17) is 4.52 Å². The van der Waals surface area contributed by atoms with E-state index < -0.39 is 0 Å². The molecule has 182 valence electrons. The van der Waals surface area contributed by atoms with Crippen LogP contribution in [0.25, 0.3) is 11.5 Å². The first kappa shape index (κ1) is 27.3. The highest BCUT2D eigenvalue weighted by molar-refractivity contribution is 14.0. The van der Waals surface area contributed by atoms with Gasteiger partial charge in [-0.15, -0.1) is 24.0 Å². The summed E-state index contributed by atoms with van der Waals surface area (Å²) in [5.74, 6) is 2.03. The number of nitrogens with zero attached hydrogens (tertiary/aromatic N) is 4. The predicted molar refractivity (Wildman–Crippen MR) is 146 cm³/mol. The third kappa shape index (κ3) is 7.82. The Bertz CT molecular complexity index is 1060. The molecule has 0 spiro atoms. The SMILES string of the molecule is CCNC(=NCc1ccc(C(=O)N(C)C)cc1)NCCc1ccc(-c2nc(CC)no2)cc1.I. The van der Waals surface area contributed by atoms with Crippen molar-refractivity contribution in [3.63, 3.8) is 0 Å². The van der Waals surface area contributed by atoms with Gasteiger partial charge in [-0.25, -0.2) is 4.99 Å². The number of hydrogen-bond donors (Lipinski definition) is 2. The van der Waals surface area contributed by atoms with Gasteiger partial charge in [0.15, 0.2) is 11.8 Å². The average molecular weight is 576 g/mol. The van der Waals surface area contributed by atoms with E-state index in [0.717, 1.165) is 43.0 Å². The summed E-state index contributed by atoms with van der Waals surface area (Å²) in [4.78, 5) is 22.6. The van der Waals surface area contributed by atoms with E-state index in [-0.39, 0.29) is 29.9 Å². The molecule has 2 aromatic carbocycles. The van der Waals surface area contributed by atoms with Gasteiger partial charge in [-0.2, -0.15) is 4.98 Å². The number of benzene rings is 2. The molecular weight excluding hydrogens is 543 g/mol. The fourth-order valence-corrected chi connectivity index (χ4v) is 3.18. The number of nitrogens with one attached hydrogen (secondary N) is 2. The lowest BCUT2D eigenvalue weighted by atomic mass is 10.1. The minimum Gasteiger partial charge on any atom is -0.357 e. The van der Waals surface area contributed by atoms with Crippen molar-refractivity contribution in [3.05, 3.63) is 71.0 Å². The number of hydrogen-bond acceptors (Lipinski definition) is 5. The molecule has 0 saturated heterocycles. The Hall–Kier alpha value is -2.95. The highest BCUT2D eigenvalue weighted by atomic mass is 127. The number of guanidine groups is 1. The minimum absolute atomic E-state index is 0. The van der Waals surface area contributed by atoms with Crippen LogP contribution in [0.15, 0.2) is 58.0 Å². The molecule has 0 saturated carbocycles. The van der Waals surface area contributed by atoms with Gasteiger partial charge in [-0.1, -0.05) is 36.3 Å². The van der Waals surface area contributed by atoms with Crippen molar-refractivity contribution in [2.75, 3.05) is 27.2 Å². The van der Waals surface area contributed by atoms with E-state index in [1.165, 1.54) is 5.56 Å². The molecule has 2 N–H and O–H groups in total. The fraction of sp³-hybridized carbons (Fsp3) is 0.360. The minimum atomic E-state index is -0.00381. The Morgan fingerprint density at radius 2 is 1.68 bits per heavy atom. The van der Waals surface area contributed by atoms with Crippen LogP contribution in [0.2, 0.25) is 0 Å². The summed E-state index contributed by atoms with van der Waals surface area (Å²) >= 11 is 0. The zero-order valence-electron chi connectivity index (χ0n) is 20.2. The number of aryl methyl sites for hydroxylation is 1. The Labute approximate surface area is 218 Å². The molecule has 8 nitrogen and oxygen atoms in total. The maximum atomic E-state index is 12.0. The van der Waals surface area contributed by atoms with Crippen molar-refractivity contribution in [2.24, 2.45) is 4.99 Å². The Morgan fingerprint density at radius 3 is 2.26 bits per heavy atom. The lowest BCUT2D eigenvalue weighted by Crippen LogP contribution is -2.38. The van der Waals surface area contributed by atoms with Crippen LogP contribution in [0.1, 0.15) is 41.2 Å². The number of aliphatic imine (C=N–C) groups is 1. The summed E-state index contributed by atoms with van der Waals surface area (Å²) < 4.78 is 5.30. The van der Waals surface area contributed by atoms with E-state index in [2.05, 4.69) is 37.9 Å². The predicted octanol–water partition coefficient (Wildman–Crippen LogP) is 3.92. The molecule has 9 heteroatoms. The van der Waals surface area contributed by atoms with Crippen LogP contribution >= 0.6 is 24.0 Å². The maximum absolute atomic E-state index is 12.0. The van der Waals surface area contributed by atoms with Crippen molar-refractivity contribution in [1.82, 2.24) is 25.7 Å². The van der Waals surface area contributed by atoms with Crippen LogP contribution in [-0.4, -0.2) is 54.1 Å². The second-order valence-corrected chi connectivity index (χ2v) is 7.83. The third-order valence-corrected chi connectivity index (χ3v) is 5.06. The van der Waals surface area contributed by atoms with Crippen LogP contribution in [-0.2, 0) is 19.4 Å². The smallest absolute Gasteiger partial charge is 0.257 e. The number of amides is 1. The van der Waals surface area contributed by atoms with Gasteiger partial charge in [0.05, 0.1) is 6.54 Å². The van der Waals surface area contributed by atoms with Crippen LogP contribution in [0, 0.1) is 0 Å². The summed E-state index contributed by atoms with van der Waals surface area (Å²) in [7, 11) is 3.50. The van der Waals surface area contributed by atoms with Crippen LogP contribution in [0.5, 0.6) is 0 Å². The van der Waals surface area contributed by atoms with Gasteiger partial charge in [-0.3, -0.25) is 4.79 Å². The first-order chi connectivity index (χ1) is 16.0. The molecule has 3 rings (SSSR count). The molecule has 0 bridgehead atoms. The molecule has 0 aliphatic carbocycles. The van der Waals surface area contributed by atoms with Crippen molar-refractivity contribution < 1.29 is 9.32 Å². The lowest BCUT2D eigenvalue weighted by molar-refractivity contribution is 0.0827. The first-order valence-corrected chi connectivity index (χ1v) is 11.2. The van der Waals surface area contributed by atoms with E-state index >= 15 is 0 Å². The zero-order chi connectivity index (χ0) is 23.6. The standard InChI is InChI=1S/C25H32N6O2.HI/c1-5-22-29-23(33-30-22)20-11-7-18(8-12-20)15-16-27-25(26-6-2)28-17-19-9-13-21(14-10-19)24(32)31(3)4;/h7-14H,5-6,15-17H2,1-4H3,(H2,26,27,28);1H. The van der Waals surface area contributed by atoms with Crippen molar-refractivity contribution in [2.45, 2.75) is 33.2 Å². The molecule has 0 unspecified atom stereocenters. The normalized spacial score (nSPS) is 11.0. The highest BCUT2D eigenvalue weighted by Gasteiger charge is 2.08. The van der Waals surface area contributed by atoms with Crippen LogP contribution < -0.4 is 10.6 Å². The maximum Gasteiger partial charge on any atom is 0.257 e. The molecule has 0 fully saturated rings. The first-order valence-electron chi connectivity index (χ1n) is 11.2. The molecule has 1 heterocycles. The molecule has 0 aliphatic heterocycles. The number of aromatic nitrogens is 2. The summed E-state index contributed by atoms with van der Waals surface area (Å²) in [5, 5.41) is 10.6. The highest BCUT2D eigenvalue weighted by Crippen LogP contribution is 2.18. The number of rotatable bonds is 9. The zero-order valence-corrected chi connectivity index (χ0v) is 22.5. The van der Waals surface area contributed by atoms with E-state index in [9.17, 15) is 4.79 Å². The Balaban J connectivity index is 0.00000408. The van der Waals surface area contributed by atoms with Crippen LogP contribution in [0.4, 0.5) is 0 Å². The monoisotopic (exact) mass is 576 g/mol. The fourth-order valence-electron chi connectivity index (χ4n) is 3.18. The Morgan fingerprint density at radius 1 is 1.00 bits per heavy atom. The molecule has 0 aliphatic rings. The molecule has 0 radical (unpaired) electrons. The average Bonchev–Trinajstić information content (AvgIpc) is 3.32. The summed E-state index contributed by atoms with van der Waals surface area (Å²) in [6.07, 6.45) is 1.61. The number of carbonyl (C=O) groups excluding carboxylic acids is 1. The van der Waals surface area contributed by atoms with Crippen molar-refractivity contribution in [1.29, 1.82) is 0 Å². The summed E-state index contributed by atoms with van der Waals surface area (Å²) in [6.45, 7) is 6.10. The molecule has 0 atom stereocenters. The van der Waals surface area contributed by atoms with Crippen molar-refractivity contribution in [3.8, 4) is 11.5 Å². The van der Waals surface area contributed by atoms with E-state index in [1.54, 1.807) is 19.0 Å². The second kappa shape index (κ2) is 13.7. The van der Waals surface area contributed by atoms with Crippen LogP contribution in [0.3, 0.4) is 0 Å². The molecule has 1 aromatic heterocycles. The molecule has 3 aromatic rings. The van der Waals surface area contributed by atoms with Gasteiger partial charge in [0.1, 0.15) is 0 Å². The Kier molecular flexibility index (Phi) is 11.0. The lowest BCUT2D eigenvalue weighted by Gasteiger charge is -2.12. The second-order valence-electron chi connectivity index (χ2n) is 7.83. The molecular formula is C25H33IN6O2. The van der Waals surface area contributed by atoms with E-state index in [1.807, 2.05) is 50.2 Å². The topological polar surface area (TPSA) is 95.7 Å². The van der Waals surface area contributed by atoms with Gasteiger partial charge in [0.25, 0.3) is 11.8 Å².